The highest BCUT2D eigenvalue weighted by Gasteiger charge is 2.21. The monoisotopic (exact) mass is 350 g/mol. The smallest absolute Gasteiger partial charge is 0.294 e. The van der Waals surface area contributed by atoms with Gasteiger partial charge in [-0.2, -0.15) is 0 Å². The number of halogens is 1. The quantitative estimate of drug-likeness (QED) is 0.446. The van der Waals surface area contributed by atoms with Crippen molar-refractivity contribution in [2.24, 2.45) is 5.84 Å². The van der Waals surface area contributed by atoms with Crippen LogP contribution in [0, 0.1) is 10.1 Å². The lowest BCUT2D eigenvalue weighted by Gasteiger charge is -2.10. The molecule has 2 rings (SSSR count). The van der Waals surface area contributed by atoms with E-state index in [9.17, 15) is 14.9 Å². The number of hydrazine groups is 1. The van der Waals surface area contributed by atoms with Crippen LogP contribution in [0.1, 0.15) is 10.4 Å². The number of nitro groups is 1. The van der Waals surface area contributed by atoms with Crippen molar-refractivity contribution in [3.8, 4) is 0 Å². The molecule has 0 aliphatic carbocycles. The van der Waals surface area contributed by atoms with Gasteiger partial charge in [0.2, 0.25) is 0 Å². The molecule has 0 unspecified atom stereocenters. The van der Waals surface area contributed by atoms with Crippen LogP contribution in [0.4, 0.5) is 17.1 Å². The number of para-hydroxylation sites is 2. The predicted molar refractivity (Wildman–Crippen MR) is 83.0 cm³/mol. The number of hydrogen-bond donors (Lipinski definition) is 3. The van der Waals surface area contributed by atoms with Gasteiger partial charge in [0, 0.05) is 10.5 Å². The molecule has 4 N–H and O–H groups in total. The first-order chi connectivity index (χ1) is 10.0. The summed E-state index contributed by atoms with van der Waals surface area (Å²) in [6.45, 7) is 0. The maximum Gasteiger partial charge on any atom is 0.294 e. The maximum absolute atomic E-state index is 12.3. The number of anilines is 2. The van der Waals surface area contributed by atoms with Crippen LogP contribution >= 0.6 is 15.9 Å². The SMILES string of the molecule is NNc1c(C(=O)Nc2ccccc2Br)cccc1[N+](=O)[O-]. The van der Waals surface area contributed by atoms with E-state index in [-0.39, 0.29) is 16.9 Å². The second-order valence-electron chi connectivity index (χ2n) is 4.04. The summed E-state index contributed by atoms with van der Waals surface area (Å²) in [5.41, 5.74) is 2.55. The van der Waals surface area contributed by atoms with Crippen molar-refractivity contribution < 1.29 is 9.72 Å². The summed E-state index contributed by atoms with van der Waals surface area (Å²) < 4.78 is 0.700. The summed E-state index contributed by atoms with van der Waals surface area (Å²) in [4.78, 5) is 22.6. The highest BCUT2D eigenvalue weighted by molar-refractivity contribution is 9.10. The van der Waals surface area contributed by atoms with E-state index in [4.69, 9.17) is 5.84 Å². The summed E-state index contributed by atoms with van der Waals surface area (Å²) in [6.07, 6.45) is 0. The average Bonchev–Trinajstić information content (AvgIpc) is 2.48. The number of benzene rings is 2. The Bertz CT molecular complexity index is 706. The van der Waals surface area contributed by atoms with Crippen LogP contribution in [0.25, 0.3) is 0 Å². The first kappa shape index (κ1) is 14.9. The van der Waals surface area contributed by atoms with Crippen LogP contribution in [0.5, 0.6) is 0 Å². The fourth-order valence-electron chi connectivity index (χ4n) is 1.79. The molecule has 0 aromatic heterocycles. The number of nitro benzene ring substituents is 1. The summed E-state index contributed by atoms with van der Waals surface area (Å²) in [6, 6.07) is 11.2. The largest absolute Gasteiger partial charge is 0.321 e. The van der Waals surface area contributed by atoms with Gasteiger partial charge in [-0.25, -0.2) is 0 Å². The third-order valence-electron chi connectivity index (χ3n) is 2.75. The van der Waals surface area contributed by atoms with E-state index in [0.29, 0.717) is 10.2 Å². The van der Waals surface area contributed by atoms with E-state index in [1.807, 2.05) is 0 Å². The molecule has 108 valence electrons. The highest BCUT2D eigenvalue weighted by atomic mass is 79.9. The Morgan fingerprint density at radius 2 is 1.90 bits per heavy atom. The van der Waals surface area contributed by atoms with Crippen molar-refractivity contribution >= 4 is 38.9 Å². The van der Waals surface area contributed by atoms with Gasteiger partial charge in [-0.1, -0.05) is 18.2 Å². The molecule has 2 aromatic rings. The van der Waals surface area contributed by atoms with Crippen LogP contribution in [-0.4, -0.2) is 10.8 Å². The van der Waals surface area contributed by atoms with Gasteiger partial charge < -0.3 is 10.7 Å². The minimum atomic E-state index is -0.607. The number of nitrogen functional groups attached to an aromatic ring is 1. The number of carbonyl (C=O) groups excluding carboxylic acids is 1. The molecule has 0 saturated carbocycles. The minimum Gasteiger partial charge on any atom is -0.321 e. The minimum absolute atomic E-state index is 0.0351. The Morgan fingerprint density at radius 3 is 2.52 bits per heavy atom. The van der Waals surface area contributed by atoms with E-state index < -0.39 is 10.8 Å². The van der Waals surface area contributed by atoms with E-state index in [1.165, 1.54) is 18.2 Å². The lowest BCUT2D eigenvalue weighted by atomic mass is 10.1. The highest BCUT2D eigenvalue weighted by Crippen LogP contribution is 2.29. The van der Waals surface area contributed by atoms with Gasteiger partial charge in [0.15, 0.2) is 0 Å². The van der Waals surface area contributed by atoms with Gasteiger partial charge in [-0.3, -0.25) is 20.8 Å². The lowest BCUT2D eigenvalue weighted by molar-refractivity contribution is -0.384. The van der Waals surface area contributed by atoms with Gasteiger partial charge in [0.05, 0.1) is 16.2 Å². The van der Waals surface area contributed by atoms with Crippen molar-refractivity contribution in [2.75, 3.05) is 10.7 Å². The Labute approximate surface area is 128 Å². The van der Waals surface area contributed by atoms with Crippen LogP contribution in [0.3, 0.4) is 0 Å². The Morgan fingerprint density at radius 1 is 1.19 bits per heavy atom. The lowest BCUT2D eigenvalue weighted by Crippen LogP contribution is -2.18. The zero-order chi connectivity index (χ0) is 15.4. The van der Waals surface area contributed by atoms with E-state index >= 15 is 0 Å². The molecular weight excluding hydrogens is 340 g/mol. The number of carbonyl (C=O) groups is 1. The van der Waals surface area contributed by atoms with E-state index in [2.05, 4.69) is 26.7 Å². The zero-order valence-corrected chi connectivity index (χ0v) is 12.3. The van der Waals surface area contributed by atoms with Crippen LogP contribution in [0.2, 0.25) is 0 Å². The standard InChI is InChI=1S/C13H11BrN4O3/c14-9-5-1-2-6-10(9)16-13(19)8-4-3-7-11(18(20)21)12(8)17-15/h1-7,17H,15H2,(H,16,19). The first-order valence-corrected chi connectivity index (χ1v) is 6.63. The van der Waals surface area contributed by atoms with Gasteiger partial charge in [-0.15, -0.1) is 0 Å². The summed E-state index contributed by atoms with van der Waals surface area (Å²) in [7, 11) is 0. The molecule has 21 heavy (non-hydrogen) atoms. The second-order valence-corrected chi connectivity index (χ2v) is 4.89. The molecule has 0 radical (unpaired) electrons. The fraction of sp³-hybridized carbons (Fsp3) is 0. The Hall–Kier alpha value is -2.45. The van der Waals surface area contributed by atoms with Crippen LogP contribution in [0.15, 0.2) is 46.9 Å². The van der Waals surface area contributed by atoms with Gasteiger partial charge in [0.1, 0.15) is 5.69 Å². The van der Waals surface area contributed by atoms with Gasteiger partial charge >= 0.3 is 0 Å². The van der Waals surface area contributed by atoms with Crippen LogP contribution in [-0.2, 0) is 0 Å². The topological polar surface area (TPSA) is 110 Å². The zero-order valence-electron chi connectivity index (χ0n) is 10.7. The third-order valence-corrected chi connectivity index (χ3v) is 3.44. The number of rotatable bonds is 4. The van der Waals surface area contributed by atoms with Crippen molar-refractivity contribution in [3.63, 3.8) is 0 Å². The molecule has 0 aliphatic rings. The first-order valence-electron chi connectivity index (χ1n) is 5.84. The molecule has 0 bridgehead atoms. The molecule has 0 saturated heterocycles. The number of nitrogens with two attached hydrogens (primary N) is 1. The van der Waals surface area contributed by atoms with Crippen molar-refractivity contribution in [1.82, 2.24) is 0 Å². The number of nitrogens with zero attached hydrogens (tertiary/aromatic N) is 1. The van der Waals surface area contributed by atoms with Gasteiger partial charge in [-0.05, 0) is 34.1 Å². The molecule has 0 atom stereocenters. The molecule has 1 amide bonds. The third kappa shape index (κ3) is 3.18. The maximum atomic E-state index is 12.3. The van der Waals surface area contributed by atoms with Crippen molar-refractivity contribution in [3.05, 3.63) is 62.6 Å². The number of amides is 1. The predicted octanol–water partition coefficient (Wildman–Crippen LogP) is 2.90. The summed E-state index contributed by atoms with van der Waals surface area (Å²) in [5, 5.41) is 13.6. The normalized spacial score (nSPS) is 10.0. The van der Waals surface area contributed by atoms with E-state index in [0.717, 1.165) is 0 Å². The van der Waals surface area contributed by atoms with Crippen molar-refractivity contribution in [1.29, 1.82) is 0 Å². The molecular formula is C13H11BrN4O3. The number of nitrogens with one attached hydrogen (secondary N) is 2. The average molecular weight is 351 g/mol. The molecule has 2 aromatic carbocycles. The molecule has 8 heteroatoms. The molecule has 7 nitrogen and oxygen atoms in total. The second kappa shape index (κ2) is 6.33. The van der Waals surface area contributed by atoms with Crippen LogP contribution < -0.4 is 16.6 Å². The van der Waals surface area contributed by atoms with E-state index in [1.54, 1.807) is 24.3 Å². The summed E-state index contributed by atoms with van der Waals surface area (Å²) in [5.74, 6) is 4.81. The Balaban J connectivity index is 2.38. The molecule has 0 fully saturated rings. The summed E-state index contributed by atoms with van der Waals surface area (Å²) >= 11 is 3.31. The fourth-order valence-corrected chi connectivity index (χ4v) is 2.17. The van der Waals surface area contributed by atoms with Crippen molar-refractivity contribution in [2.45, 2.75) is 0 Å². The number of hydrogen-bond acceptors (Lipinski definition) is 5. The molecule has 0 heterocycles. The Kier molecular flexibility index (Phi) is 4.51. The molecule has 0 spiro atoms. The molecule has 0 aliphatic heterocycles. The van der Waals surface area contributed by atoms with Gasteiger partial charge in [0.25, 0.3) is 11.6 Å².